The van der Waals surface area contributed by atoms with Crippen molar-refractivity contribution < 1.29 is 41.2 Å². The van der Waals surface area contributed by atoms with Gasteiger partial charge >= 0.3 is 12.6 Å². The zero-order valence-corrected chi connectivity index (χ0v) is 24.8. The maximum atomic E-state index is 15.2. The Morgan fingerprint density at radius 1 is 1.05 bits per heavy atom. The number of benzene rings is 2. The van der Waals surface area contributed by atoms with Gasteiger partial charge in [0.15, 0.2) is 0 Å². The molecule has 2 bridgehead atoms. The SMILES string of the molecule is COc1cc(F)c(B2OC(C)(C)C(C)(C)O2)cc1C(=O)NC1C2CCC(C2)C1C(=O)Nc1cccc(SC(F)(F)F)c1. The second-order valence-electron chi connectivity index (χ2n) is 12.1. The van der Waals surface area contributed by atoms with Crippen molar-refractivity contribution in [3.05, 3.63) is 47.8 Å². The second kappa shape index (κ2) is 11.1. The van der Waals surface area contributed by atoms with Gasteiger partial charge in [0.05, 0.1) is 29.8 Å². The third-order valence-corrected chi connectivity index (χ3v) is 9.64. The zero-order chi connectivity index (χ0) is 30.6. The van der Waals surface area contributed by atoms with Gasteiger partial charge in [-0.15, -0.1) is 0 Å². The molecule has 1 aliphatic heterocycles. The molecule has 5 rings (SSSR count). The minimum absolute atomic E-state index is 0.0171. The normalized spacial score (nSPS) is 25.9. The van der Waals surface area contributed by atoms with E-state index in [0.717, 1.165) is 25.3 Å². The van der Waals surface area contributed by atoms with Crippen molar-refractivity contribution in [3.63, 3.8) is 0 Å². The summed E-state index contributed by atoms with van der Waals surface area (Å²) in [6.45, 7) is 7.36. The van der Waals surface area contributed by atoms with Crippen LogP contribution in [0.1, 0.15) is 57.3 Å². The number of fused-ring (bicyclic) bond motifs is 2. The standard InChI is InChI=1S/C29H33BF4N2O5S/c1-27(2)28(3,4)41-30(40-27)20-13-19(22(39-5)14-21(20)31)25(37)36-24-16-10-9-15(11-16)23(24)26(38)35-17-7-6-8-18(12-17)42-29(32,33)34/h6-8,12-16,23-24H,9-11H2,1-5H3,(H,35,38)(H,36,37). The van der Waals surface area contributed by atoms with E-state index in [0.29, 0.717) is 0 Å². The van der Waals surface area contributed by atoms with Crippen molar-refractivity contribution in [2.75, 3.05) is 12.4 Å². The predicted octanol–water partition coefficient (Wildman–Crippen LogP) is 5.53. The van der Waals surface area contributed by atoms with Gasteiger partial charge in [-0.3, -0.25) is 9.59 Å². The number of rotatable bonds is 7. The molecule has 4 unspecified atom stereocenters. The Bertz CT molecular complexity index is 1370. The van der Waals surface area contributed by atoms with Crippen LogP contribution in [0.2, 0.25) is 0 Å². The van der Waals surface area contributed by atoms with E-state index in [1.807, 2.05) is 27.7 Å². The number of hydrogen-bond donors (Lipinski definition) is 2. The van der Waals surface area contributed by atoms with Crippen LogP contribution >= 0.6 is 11.8 Å². The lowest BCUT2D eigenvalue weighted by Gasteiger charge is -2.32. The molecule has 7 nitrogen and oxygen atoms in total. The highest BCUT2D eigenvalue weighted by atomic mass is 32.2. The fourth-order valence-corrected chi connectivity index (χ4v) is 6.77. The third-order valence-electron chi connectivity index (χ3n) is 8.92. The van der Waals surface area contributed by atoms with Crippen molar-refractivity contribution in [1.82, 2.24) is 5.32 Å². The van der Waals surface area contributed by atoms with Crippen molar-refractivity contribution in [2.45, 2.75) is 74.6 Å². The van der Waals surface area contributed by atoms with Gasteiger partial charge in [0.25, 0.3) is 5.91 Å². The Morgan fingerprint density at radius 3 is 2.36 bits per heavy atom. The average Bonchev–Trinajstić information content (AvgIpc) is 3.54. The zero-order valence-electron chi connectivity index (χ0n) is 23.9. The number of amides is 2. The first-order chi connectivity index (χ1) is 19.6. The van der Waals surface area contributed by atoms with Gasteiger partial charge in [-0.2, -0.15) is 13.2 Å². The molecule has 42 heavy (non-hydrogen) atoms. The van der Waals surface area contributed by atoms with Crippen molar-refractivity contribution in [1.29, 1.82) is 0 Å². The van der Waals surface area contributed by atoms with Gasteiger partial charge in [0.1, 0.15) is 11.6 Å². The number of halogens is 4. The first-order valence-electron chi connectivity index (χ1n) is 13.8. The first kappa shape index (κ1) is 30.7. The van der Waals surface area contributed by atoms with Gasteiger partial charge in [-0.25, -0.2) is 4.39 Å². The van der Waals surface area contributed by atoms with Gasteiger partial charge in [0, 0.05) is 28.2 Å². The number of ether oxygens (including phenoxy) is 1. The summed E-state index contributed by atoms with van der Waals surface area (Å²) in [6.07, 6.45) is 2.38. The summed E-state index contributed by atoms with van der Waals surface area (Å²) < 4.78 is 71.0. The fourth-order valence-electron chi connectivity index (χ4n) is 6.17. The van der Waals surface area contributed by atoms with E-state index >= 15 is 4.39 Å². The molecule has 0 spiro atoms. The van der Waals surface area contributed by atoms with Crippen molar-refractivity contribution in [2.24, 2.45) is 17.8 Å². The molecule has 226 valence electrons. The Hall–Kier alpha value is -2.77. The lowest BCUT2D eigenvalue weighted by Crippen LogP contribution is -2.48. The quantitative estimate of drug-likeness (QED) is 0.245. The number of carbonyl (C=O) groups excluding carboxylic acids is 2. The number of hydrogen-bond acceptors (Lipinski definition) is 6. The minimum atomic E-state index is -4.45. The van der Waals surface area contributed by atoms with Gasteiger partial charge in [0.2, 0.25) is 5.91 Å². The van der Waals surface area contributed by atoms with E-state index in [2.05, 4.69) is 10.6 Å². The monoisotopic (exact) mass is 608 g/mol. The number of thioether (sulfide) groups is 1. The summed E-state index contributed by atoms with van der Waals surface area (Å²) in [5, 5.41) is 5.74. The highest BCUT2D eigenvalue weighted by Crippen LogP contribution is 2.49. The third kappa shape index (κ3) is 6.00. The smallest absolute Gasteiger partial charge is 0.496 e. The van der Waals surface area contributed by atoms with E-state index in [1.54, 1.807) is 0 Å². The summed E-state index contributed by atoms with van der Waals surface area (Å²) in [5.74, 6) is -2.05. The van der Waals surface area contributed by atoms with Gasteiger partial charge in [-0.05, 0) is 94.8 Å². The molecule has 0 aromatic heterocycles. The van der Waals surface area contributed by atoms with Crippen LogP contribution in [0.25, 0.3) is 0 Å². The average molecular weight is 608 g/mol. The number of nitrogens with one attached hydrogen (secondary N) is 2. The molecule has 3 fully saturated rings. The molecule has 0 radical (unpaired) electrons. The van der Waals surface area contributed by atoms with Crippen LogP contribution in [-0.2, 0) is 14.1 Å². The van der Waals surface area contributed by atoms with Crippen LogP contribution < -0.4 is 20.8 Å². The molecule has 3 aliphatic rings. The summed E-state index contributed by atoms with van der Waals surface area (Å²) in [4.78, 5) is 27.1. The van der Waals surface area contributed by atoms with E-state index in [-0.39, 0.29) is 56.9 Å². The van der Waals surface area contributed by atoms with E-state index in [1.165, 1.54) is 37.4 Å². The summed E-state index contributed by atoms with van der Waals surface area (Å²) in [6, 6.07) is 7.53. The van der Waals surface area contributed by atoms with Gasteiger partial charge < -0.3 is 24.7 Å². The first-order valence-corrected chi connectivity index (χ1v) is 14.6. The molecule has 2 N–H and O–H groups in total. The van der Waals surface area contributed by atoms with Crippen LogP contribution in [-0.4, -0.2) is 48.8 Å². The molecular formula is C29H33BF4N2O5S. The molecule has 2 aromatic rings. The van der Waals surface area contributed by atoms with Crippen molar-refractivity contribution in [3.8, 4) is 5.75 Å². The number of anilines is 1. The molecule has 1 saturated heterocycles. The Kier molecular flexibility index (Phi) is 8.08. The molecule has 2 aliphatic carbocycles. The van der Waals surface area contributed by atoms with E-state index in [4.69, 9.17) is 14.0 Å². The lowest BCUT2D eigenvalue weighted by atomic mass is 9.77. The second-order valence-corrected chi connectivity index (χ2v) is 13.2. The lowest BCUT2D eigenvalue weighted by molar-refractivity contribution is -0.122. The highest BCUT2D eigenvalue weighted by molar-refractivity contribution is 8.00. The molecule has 2 saturated carbocycles. The Morgan fingerprint density at radius 2 is 1.71 bits per heavy atom. The molecule has 13 heteroatoms. The van der Waals surface area contributed by atoms with Crippen LogP contribution in [0.5, 0.6) is 5.75 Å². The number of methoxy groups -OCH3 is 1. The fraction of sp³-hybridized carbons (Fsp3) is 0.517. The molecular weight excluding hydrogens is 575 g/mol. The van der Waals surface area contributed by atoms with Crippen molar-refractivity contribution >= 4 is 41.8 Å². The molecule has 2 amide bonds. The largest absolute Gasteiger partial charge is 0.497 e. The number of alkyl halides is 3. The Balaban J connectivity index is 1.36. The van der Waals surface area contributed by atoms with Crippen LogP contribution in [0.15, 0.2) is 41.3 Å². The molecule has 4 atom stereocenters. The summed E-state index contributed by atoms with van der Waals surface area (Å²) in [5.41, 5.74) is -5.52. The van der Waals surface area contributed by atoms with E-state index < -0.39 is 47.5 Å². The topological polar surface area (TPSA) is 85.9 Å². The maximum Gasteiger partial charge on any atom is 0.497 e. The molecule has 2 aromatic carbocycles. The summed E-state index contributed by atoms with van der Waals surface area (Å²) in [7, 11) is 0.290. The van der Waals surface area contributed by atoms with Crippen LogP contribution in [0, 0.1) is 23.6 Å². The highest BCUT2D eigenvalue weighted by Gasteiger charge is 2.53. The van der Waals surface area contributed by atoms with E-state index in [9.17, 15) is 22.8 Å². The predicted molar refractivity (Wildman–Crippen MR) is 151 cm³/mol. The van der Waals surface area contributed by atoms with Gasteiger partial charge in [-0.1, -0.05) is 6.07 Å². The Labute approximate surface area is 246 Å². The molecule has 1 heterocycles. The maximum absolute atomic E-state index is 15.2. The minimum Gasteiger partial charge on any atom is -0.496 e. The van der Waals surface area contributed by atoms with Crippen LogP contribution in [0.4, 0.5) is 23.2 Å². The summed E-state index contributed by atoms with van der Waals surface area (Å²) >= 11 is -0.258. The van der Waals surface area contributed by atoms with Crippen LogP contribution in [0.3, 0.4) is 0 Å². The number of carbonyl (C=O) groups is 2.